The minimum Gasteiger partial charge on any atom is -0.291 e. The minimum atomic E-state index is -6.38. The van der Waals surface area contributed by atoms with E-state index in [-0.39, 0.29) is 11.0 Å². The van der Waals surface area contributed by atoms with E-state index < -0.39 is 70.6 Å². The Balaban J connectivity index is 2.71. The van der Waals surface area contributed by atoms with Gasteiger partial charge in [-0.2, -0.15) is 44.8 Å². The van der Waals surface area contributed by atoms with Crippen LogP contribution in [0, 0.1) is 22.2 Å². The van der Waals surface area contributed by atoms with E-state index in [2.05, 4.69) is 4.74 Å². The predicted molar refractivity (Wildman–Crippen MR) is 96.9 cm³/mol. The summed E-state index contributed by atoms with van der Waals surface area (Å²) in [5, 5.41) is 8.91. The van der Waals surface area contributed by atoms with E-state index in [0.29, 0.717) is 6.07 Å². The van der Waals surface area contributed by atoms with Gasteiger partial charge in [-0.05, 0) is 18.2 Å². The van der Waals surface area contributed by atoms with Crippen molar-refractivity contribution < 1.29 is 53.4 Å². The summed E-state index contributed by atoms with van der Waals surface area (Å²) >= 11 is 0. The molecular weight excluding hydrogens is 490 g/mol. The highest BCUT2D eigenvalue weighted by atomic mass is 19.4. The molecular formula is C20H18F10N2O2. The molecule has 0 aromatic heterocycles. The highest BCUT2D eigenvalue weighted by Gasteiger charge is 2.75. The first-order chi connectivity index (χ1) is 15.1. The third-order valence-electron chi connectivity index (χ3n) is 6.18. The molecule has 1 saturated heterocycles. The Hall–Kier alpha value is -2.56. The monoisotopic (exact) mass is 508 g/mol. The van der Waals surface area contributed by atoms with E-state index in [0.717, 1.165) is 33.8 Å². The van der Waals surface area contributed by atoms with E-state index in [1.54, 1.807) is 0 Å². The van der Waals surface area contributed by atoms with E-state index in [1.807, 2.05) is 0 Å². The lowest BCUT2D eigenvalue weighted by atomic mass is 9.69. The fourth-order valence-electron chi connectivity index (χ4n) is 3.29. The number of benzene rings is 1. The molecule has 1 aromatic rings. The molecule has 1 atom stereocenters. The van der Waals surface area contributed by atoms with Gasteiger partial charge in [-0.1, -0.05) is 27.7 Å². The summed E-state index contributed by atoms with van der Waals surface area (Å²) in [4.78, 5) is 13.2. The number of ether oxygens (including phenoxy) is 1. The number of nitriles is 1. The van der Waals surface area contributed by atoms with Crippen molar-refractivity contribution in [2.24, 2.45) is 10.8 Å². The molecule has 14 heteroatoms. The highest BCUT2D eigenvalue weighted by molar-refractivity contribution is 6.01. The zero-order chi connectivity index (χ0) is 26.7. The number of rotatable bonds is 6. The van der Waals surface area contributed by atoms with Crippen molar-refractivity contribution in [2.45, 2.75) is 58.1 Å². The molecule has 1 heterocycles. The SMILES string of the molecule is CC1(C)C(=O)N(c2ccc(C#N)c(C(F)(F)F)c2)C(OC(F)(F)C(F)(F)C(F)(F)CF)C1(C)C. The van der Waals surface area contributed by atoms with Crippen LogP contribution in [0.2, 0.25) is 0 Å². The van der Waals surface area contributed by atoms with Gasteiger partial charge < -0.3 is 0 Å². The first kappa shape index (κ1) is 27.7. The number of amides is 1. The van der Waals surface area contributed by atoms with E-state index in [9.17, 15) is 48.7 Å². The smallest absolute Gasteiger partial charge is 0.291 e. The van der Waals surface area contributed by atoms with Crippen LogP contribution < -0.4 is 4.90 Å². The second-order valence-corrected chi connectivity index (χ2v) is 8.76. The minimum absolute atomic E-state index is 0.202. The summed E-state index contributed by atoms with van der Waals surface area (Å²) in [7, 11) is 0. The van der Waals surface area contributed by atoms with Gasteiger partial charge in [0.15, 0.2) is 6.67 Å². The van der Waals surface area contributed by atoms with Gasteiger partial charge in [0, 0.05) is 11.1 Å². The number of alkyl halides is 10. The van der Waals surface area contributed by atoms with Crippen molar-refractivity contribution >= 4 is 11.6 Å². The number of nitrogens with zero attached hydrogens (tertiary/aromatic N) is 2. The van der Waals surface area contributed by atoms with Crippen molar-refractivity contribution in [3.05, 3.63) is 29.3 Å². The first-order valence-electron chi connectivity index (χ1n) is 9.42. The van der Waals surface area contributed by atoms with Crippen LogP contribution in [0.25, 0.3) is 0 Å². The fourth-order valence-corrected chi connectivity index (χ4v) is 3.29. The largest absolute Gasteiger partial charge is 0.427 e. The maximum Gasteiger partial charge on any atom is 0.427 e. The number of hydrogen-bond donors (Lipinski definition) is 0. The van der Waals surface area contributed by atoms with Gasteiger partial charge in [0.2, 0.25) is 5.91 Å². The Labute approximate surface area is 187 Å². The summed E-state index contributed by atoms with van der Waals surface area (Å²) in [6.45, 7) is 1.31. The van der Waals surface area contributed by atoms with Crippen LogP contribution in [0.15, 0.2) is 18.2 Å². The van der Waals surface area contributed by atoms with Gasteiger partial charge in [0.1, 0.15) is 6.23 Å². The Kier molecular flexibility index (Phi) is 6.51. The van der Waals surface area contributed by atoms with Gasteiger partial charge in [0.05, 0.1) is 22.6 Å². The highest BCUT2D eigenvalue weighted by Crippen LogP contribution is 2.56. The molecule has 0 N–H and O–H groups in total. The van der Waals surface area contributed by atoms with Gasteiger partial charge >= 0.3 is 24.1 Å². The van der Waals surface area contributed by atoms with Crippen molar-refractivity contribution in [2.75, 3.05) is 11.6 Å². The van der Waals surface area contributed by atoms with Crippen molar-refractivity contribution in [3.8, 4) is 6.07 Å². The van der Waals surface area contributed by atoms with Crippen molar-refractivity contribution in [1.29, 1.82) is 5.26 Å². The van der Waals surface area contributed by atoms with Crippen LogP contribution in [-0.4, -0.2) is 36.8 Å². The van der Waals surface area contributed by atoms with Gasteiger partial charge in [0.25, 0.3) is 0 Å². The number of hydrogen-bond acceptors (Lipinski definition) is 3. The van der Waals surface area contributed by atoms with E-state index in [1.165, 1.54) is 6.07 Å². The molecule has 0 spiro atoms. The third-order valence-corrected chi connectivity index (χ3v) is 6.18. The Bertz CT molecular complexity index is 1010. The zero-order valence-electron chi connectivity index (χ0n) is 18.0. The van der Waals surface area contributed by atoms with Crippen LogP contribution in [0.1, 0.15) is 38.8 Å². The molecule has 1 unspecified atom stereocenters. The third kappa shape index (κ3) is 3.97. The van der Waals surface area contributed by atoms with Crippen LogP contribution in [0.4, 0.5) is 49.6 Å². The second kappa shape index (κ2) is 8.00. The Morgan fingerprint density at radius 3 is 2.00 bits per heavy atom. The summed E-state index contributed by atoms with van der Waals surface area (Å²) < 4.78 is 140. The summed E-state index contributed by atoms with van der Waals surface area (Å²) in [5.74, 6) is -13.4. The maximum atomic E-state index is 14.4. The molecule has 4 nitrogen and oxygen atoms in total. The quantitative estimate of drug-likeness (QED) is 0.433. The van der Waals surface area contributed by atoms with Crippen LogP contribution in [-0.2, 0) is 15.7 Å². The summed E-state index contributed by atoms with van der Waals surface area (Å²) in [6.07, 6.45) is -13.7. The molecule has 0 aliphatic carbocycles. The lowest BCUT2D eigenvalue weighted by molar-refractivity contribution is -0.414. The number of carbonyl (C=O) groups is 1. The molecule has 0 radical (unpaired) electrons. The topological polar surface area (TPSA) is 53.3 Å². The average Bonchev–Trinajstić information content (AvgIpc) is 2.83. The Morgan fingerprint density at radius 1 is 1.03 bits per heavy atom. The van der Waals surface area contributed by atoms with Gasteiger partial charge in [-0.15, -0.1) is 0 Å². The van der Waals surface area contributed by atoms with Gasteiger partial charge in [-0.3, -0.25) is 14.4 Å². The fraction of sp³-hybridized carbons (Fsp3) is 0.600. The number of halogens is 10. The normalized spacial score (nSPS) is 21.0. The molecule has 1 amide bonds. The molecule has 1 fully saturated rings. The van der Waals surface area contributed by atoms with Gasteiger partial charge in [-0.25, -0.2) is 4.39 Å². The molecule has 190 valence electrons. The molecule has 0 saturated carbocycles. The molecule has 34 heavy (non-hydrogen) atoms. The van der Waals surface area contributed by atoms with E-state index in [4.69, 9.17) is 5.26 Å². The number of anilines is 1. The predicted octanol–water partition coefficient (Wildman–Crippen LogP) is 6.15. The lowest BCUT2D eigenvalue weighted by Gasteiger charge is -2.40. The molecule has 1 aliphatic rings. The van der Waals surface area contributed by atoms with E-state index >= 15 is 0 Å². The summed E-state index contributed by atoms with van der Waals surface area (Å²) in [6, 6.07) is 2.88. The van der Waals surface area contributed by atoms with Crippen molar-refractivity contribution in [1.82, 2.24) is 0 Å². The zero-order valence-corrected chi connectivity index (χ0v) is 18.0. The first-order valence-corrected chi connectivity index (χ1v) is 9.42. The van der Waals surface area contributed by atoms with Crippen LogP contribution >= 0.6 is 0 Å². The molecule has 0 bridgehead atoms. The maximum absolute atomic E-state index is 14.4. The Morgan fingerprint density at radius 2 is 1.56 bits per heavy atom. The summed E-state index contributed by atoms with van der Waals surface area (Å²) in [5.41, 5.74) is -6.84. The van der Waals surface area contributed by atoms with Crippen molar-refractivity contribution in [3.63, 3.8) is 0 Å². The van der Waals surface area contributed by atoms with Crippen LogP contribution in [0.5, 0.6) is 0 Å². The molecule has 1 aliphatic heterocycles. The lowest BCUT2D eigenvalue weighted by Crippen LogP contribution is -2.59. The molecule has 1 aromatic carbocycles. The molecule has 2 rings (SSSR count). The average molecular weight is 508 g/mol. The number of carbonyl (C=O) groups excluding carboxylic acids is 1. The van der Waals surface area contributed by atoms with Crippen LogP contribution in [0.3, 0.4) is 0 Å². The second-order valence-electron chi connectivity index (χ2n) is 8.76. The standard InChI is InChI=1S/C20H18F10N2O2/c1-15(2)13(33)32(11-6-5-10(8-31)12(7-11)18(24,25)26)14(16(15,3)4)34-20(29,30)19(27,28)17(22,23)9-21/h5-7,14H,9H2,1-4H3.